The summed E-state index contributed by atoms with van der Waals surface area (Å²) in [4.78, 5) is 11.9. The zero-order valence-electron chi connectivity index (χ0n) is 12.0. The van der Waals surface area contributed by atoms with E-state index in [0.717, 1.165) is 19.3 Å². The minimum absolute atomic E-state index is 0.117. The van der Waals surface area contributed by atoms with E-state index in [9.17, 15) is 13.6 Å². The summed E-state index contributed by atoms with van der Waals surface area (Å²) >= 11 is 0. The molecule has 1 amide bonds. The second-order valence-corrected chi connectivity index (χ2v) is 6.01. The second-order valence-electron chi connectivity index (χ2n) is 6.01. The van der Waals surface area contributed by atoms with Crippen molar-refractivity contribution in [2.24, 2.45) is 5.41 Å². The number of carbonyl (C=O) groups excluding carboxylic acids is 1. The number of ether oxygens (including phenoxy) is 1. The van der Waals surface area contributed by atoms with E-state index in [1.807, 2.05) is 6.92 Å². The van der Waals surface area contributed by atoms with Crippen LogP contribution in [0.2, 0.25) is 0 Å². The molecular formula is C14H24F2N2O2. The maximum absolute atomic E-state index is 13.1. The number of rotatable bonds is 7. The molecule has 0 radical (unpaired) electrons. The first-order valence-corrected chi connectivity index (χ1v) is 7.43. The molecule has 1 saturated heterocycles. The molecule has 2 rings (SSSR count). The smallest absolute Gasteiger partial charge is 0.262 e. The van der Waals surface area contributed by atoms with Crippen LogP contribution in [-0.4, -0.2) is 44.2 Å². The number of hydrogen-bond acceptors (Lipinski definition) is 3. The standard InChI is InChI=1S/C14H24F2N2O2/c1-2-20-7-6-13(4-3-5-13)9-18-12(19)11-8-14(15,16)10-17-11/h11,17H,2-10H2,1H3,(H,18,19). The van der Waals surface area contributed by atoms with Crippen molar-refractivity contribution in [2.45, 2.75) is 51.0 Å². The largest absolute Gasteiger partial charge is 0.382 e. The van der Waals surface area contributed by atoms with Gasteiger partial charge in [-0.1, -0.05) is 6.42 Å². The SMILES string of the molecule is CCOCCC1(CNC(=O)C2CC(F)(F)CN2)CCC1. The summed E-state index contributed by atoms with van der Waals surface area (Å²) in [7, 11) is 0. The normalized spacial score (nSPS) is 27.1. The van der Waals surface area contributed by atoms with Crippen LogP contribution in [0.3, 0.4) is 0 Å². The zero-order chi connectivity index (χ0) is 14.6. The lowest BCUT2D eigenvalue weighted by molar-refractivity contribution is -0.124. The molecule has 20 heavy (non-hydrogen) atoms. The third-order valence-corrected chi connectivity index (χ3v) is 4.46. The molecule has 0 aromatic carbocycles. The third kappa shape index (κ3) is 3.88. The van der Waals surface area contributed by atoms with Crippen molar-refractivity contribution in [2.75, 3.05) is 26.3 Å². The third-order valence-electron chi connectivity index (χ3n) is 4.46. The van der Waals surface area contributed by atoms with Crippen LogP contribution in [0.25, 0.3) is 0 Å². The molecule has 1 aliphatic heterocycles. The summed E-state index contributed by atoms with van der Waals surface area (Å²) < 4.78 is 31.5. The second kappa shape index (κ2) is 6.35. The highest BCUT2D eigenvalue weighted by Gasteiger charge is 2.43. The molecule has 2 N–H and O–H groups in total. The Morgan fingerprint density at radius 1 is 1.45 bits per heavy atom. The molecule has 1 unspecified atom stereocenters. The van der Waals surface area contributed by atoms with Crippen molar-refractivity contribution in [1.29, 1.82) is 0 Å². The number of hydrogen-bond donors (Lipinski definition) is 2. The molecule has 116 valence electrons. The summed E-state index contributed by atoms with van der Waals surface area (Å²) in [5.41, 5.74) is 0.117. The molecule has 4 nitrogen and oxygen atoms in total. The molecule has 0 aromatic heterocycles. The molecular weight excluding hydrogens is 266 g/mol. The molecule has 1 atom stereocenters. The van der Waals surface area contributed by atoms with Gasteiger partial charge in [0.25, 0.3) is 5.92 Å². The molecule has 1 aliphatic carbocycles. The highest BCUT2D eigenvalue weighted by atomic mass is 19.3. The van der Waals surface area contributed by atoms with Gasteiger partial charge in [-0.25, -0.2) is 8.78 Å². The highest BCUT2D eigenvalue weighted by molar-refractivity contribution is 5.82. The quantitative estimate of drug-likeness (QED) is 0.702. The van der Waals surface area contributed by atoms with E-state index in [2.05, 4.69) is 10.6 Å². The monoisotopic (exact) mass is 290 g/mol. The van der Waals surface area contributed by atoms with Gasteiger partial charge in [-0.05, 0) is 31.6 Å². The van der Waals surface area contributed by atoms with Crippen LogP contribution in [-0.2, 0) is 9.53 Å². The van der Waals surface area contributed by atoms with Gasteiger partial charge < -0.3 is 10.1 Å². The first-order valence-electron chi connectivity index (χ1n) is 7.43. The van der Waals surface area contributed by atoms with Crippen molar-refractivity contribution in [3.05, 3.63) is 0 Å². The van der Waals surface area contributed by atoms with Gasteiger partial charge in [-0.3, -0.25) is 10.1 Å². The van der Waals surface area contributed by atoms with Crippen LogP contribution >= 0.6 is 0 Å². The van der Waals surface area contributed by atoms with E-state index in [1.165, 1.54) is 6.42 Å². The van der Waals surface area contributed by atoms with Crippen molar-refractivity contribution in [3.8, 4) is 0 Å². The average molecular weight is 290 g/mol. The van der Waals surface area contributed by atoms with E-state index in [4.69, 9.17) is 4.74 Å². The molecule has 0 bridgehead atoms. The van der Waals surface area contributed by atoms with Crippen molar-refractivity contribution < 1.29 is 18.3 Å². The van der Waals surface area contributed by atoms with Gasteiger partial charge >= 0.3 is 0 Å². The van der Waals surface area contributed by atoms with Gasteiger partial charge in [-0.2, -0.15) is 0 Å². The van der Waals surface area contributed by atoms with Crippen LogP contribution in [0.5, 0.6) is 0 Å². The molecule has 0 aromatic rings. The van der Waals surface area contributed by atoms with Crippen LogP contribution in [0, 0.1) is 5.41 Å². The predicted molar refractivity (Wildman–Crippen MR) is 71.8 cm³/mol. The molecule has 0 spiro atoms. The summed E-state index contributed by atoms with van der Waals surface area (Å²) in [5.74, 6) is -3.06. The fourth-order valence-corrected chi connectivity index (χ4v) is 2.92. The first kappa shape index (κ1) is 15.6. The van der Waals surface area contributed by atoms with Crippen LogP contribution in [0.15, 0.2) is 0 Å². The Bertz CT molecular complexity index is 346. The first-order chi connectivity index (χ1) is 9.46. The Labute approximate surface area is 118 Å². The Hall–Kier alpha value is -0.750. The number of carbonyl (C=O) groups is 1. The topological polar surface area (TPSA) is 50.4 Å². The van der Waals surface area contributed by atoms with Gasteiger partial charge in [0, 0.05) is 26.2 Å². The number of alkyl halides is 2. The summed E-state index contributed by atoms with van der Waals surface area (Å²) in [6.07, 6.45) is 3.85. The van der Waals surface area contributed by atoms with Gasteiger partial charge in [0.05, 0.1) is 12.6 Å². The Balaban J connectivity index is 1.74. The van der Waals surface area contributed by atoms with Gasteiger partial charge in [-0.15, -0.1) is 0 Å². The van der Waals surface area contributed by atoms with Crippen molar-refractivity contribution >= 4 is 5.91 Å². The lowest BCUT2D eigenvalue weighted by Crippen LogP contribution is -2.47. The summed E-state index contributed by atoms with van der Waals surface area (Å²) in [5, 5.41) is 5.43. The molecule has 1 saturated carbocycles. The Morgan fingerprint density at radius 2 is 2.20 bits per heavy atom. The summed E-state index contributed by atoms with van der Waals surface area (Å²) in [6.45, 7) is 3.53. The van der Waals surface area contributed by atoms with Gasteiger partial charge in [0.15, 0.2) is 0 Å². The van der Waals surface area contributed by atoms with Gasteiger partial charge in [0.1, 0.15) is 0 Å². The minimum Gasteiger partial charge on any atom is -0.382 e. The number of nitrogens with one attached hydrogen (secondary N) is 2. The van der Waals surface area contributed by atoms with Crippen LogP contribution in [0.1, 0.15) is 39.0 Å². The summed E-state index contributed by atoms with van der Waals surface area (Å²) in [6, 6.07) is -0.756. The predicted octanol–water partition coefficient (Wildman–Crippen LogP) is 1.70. The molecule has 6 heteroatoms. The molecule has 2 fully saturated rings. The van der Waals surface area contributed by atoms with Crippen molar-refractivity contribution in [3.63, 3.8) is 0 Å². The van der Waals surface area contributed by atoms with E-state index in [0.29, 0.717) is 19.8 Å². The lowest BCUT2D eigenvalue weighted by atomic mass is 9.66. The lowest BCUT2D eigenvalue weighted by Gasteiger charge is -2.42. The average Bonchev–Trinajstić information content (AvgIpc) is 2.72. The van der Waals surface area contributed by atoms with E-state index in [-0.39, 0.29) is 11.3 Å². The van der Waals surface area contributed by atoms with Crippen LogP contribution < -0.4 is 10.6 Å². The molecule has 1 heterocycles. The van der Waals surface area contributed by atoms with E-state index < -0.39 is 24.9 Å². The fraction of sp³-hybridized carbons (Fsp3) is 0.929. The van der Waals surface area contributed by atoms with Crippen molar-refractivity contribution in [1.82, 2.24) is 10.6 Å². The van der Waals surface area contributed by atoms with Crippen LogP contribution in [0.4, 0.5) is 8.78 Å². The molecule has 2 aliphatic rings. The maximum Gasteiger partial charge on any atom is 0.262 e. The van der Waals surface area contributed by atoms with E-state index in [1.54, 1.807) is 0 Å². The fourth-order valence-electron chi connectivity index (χ4n) is 2.92. The number of amides is 1. The highest BCUT2D eigenvalue weighted by Crippen LogP contribution is 2.43. The minimum atomic E-state index is -2.76. The Kier molecular flexibility index (Phi) is 4.96. The Morgan fingerprint density at radius 3 is 2.70 bits per heavy atom. The maximum atomic E-state index is 13.1. The zero-order valence-corrected chi connectivity index (χ0v) is 12.0. The van der Waals surface area contributed by atoms with Gasteiger partial charge in [0.2, 0.25) is 5.91 Å². The number of halogens is 2. The van der Waals surface area contributed by atoms with E-state index >= 15 is 0 Å².